The van der Waals surface area contributed by atoms with Crippen LogP contribution in [0.3, 0.4) is 0 Å². The molecule has 9 heteroatoms. The van der Waals surface area contributed by atoms with Crippen molar-refractivity contribution in [3.63, 3.8) is 0 Å². The van der Waals surface area contributed by atoms with Gasteiger partial charge in [0.1, 0.15) is 24.2 Å². The van der Waals surface area contributed by atoms with Crippen molar-refractivity contribution in [2.45, 2.75) is 83.6 Å². The highest BCUT2D eigenvalue weighted by atomic mass is 16.5. The van der Waals surface area contributed by atoms with Crippen LogP contribution >= 0.6 is 0 Å². The number of ether oxygens (including phenoxy) is 1. The molecular formula is C40H51N4O5+. The van der Waals surface area contributed by atoms with Gasteiger partial charge in [-0.15, -0.1) is 0 Å². The van der Waals surface area contributed by atoms with Crippen LogP contribution in [0.4, 0.5) is 0 Å². The molecule has 2 heterocycles. The summed E-state index contributed by atoms with van der Waals surface area (Å²) in [5.74, 6) is 0.471. The number of nitrogens with zero attached hydrogens (tertiary/aromatic N) is 1. The maximum absolute atomic E-state index is 12.4. The summed E-state index contributed by atoms with van der Waals surface area (Å²) in [4.78, 5) is 18.1. The molecule has 0 fully saturated rings. The number of nitrogens with two attached hydrogens (primary N) is 1. The molecule has 5 rings (SSSR count). The maximum atomic E-state index is 12.4. The summed E-state index contributed by atoms with van der Waals surface area (Å²) in [7, 11) is 0. The van der Waals surface area contributed by atoms with Gasteiger partial charge in [-0.05, 0) is 71.2 Å². The first-order valence-electron chi connectivity index (χ1n) is 17.6. The molecule has 0 aliphatic carbocycles. The van der Waals surface area contributed by atoms with E-state index in [9.17, 15) is 20.1 Å². The smallest absolute Gasteiger partial charge is 0.227 e. The molecule has 0 saturated carbocycles. The molecule has 49 heavy (non-hydrogen) atoms. The molecule has 3 unspecified atom stereocenters. The molecule has 0 bridgehead atoms. The number of ketones is 1. The molecule has 3 atom stereocenters. The predicted molar refractivity (Wildman–Crippen MR) is 192 cm³/mol. The van der Waals surface area contributed by atoms with Gasteiger partial charge >= 0.3 is 0 Å². The van der Waals surface area contributed by atoms with Gasteiger partial charge in [-0.2, -0.15) is 0 Å². The molecule has 0 radical (unpaired) electrons. The fourth-order valence-corrected chi connectivity index (χ4v) is 6.39. The van der Waals surface area contributed by atoms with Gasteiger partial charge in [-0.1, -0.05) is 80.8 Å². The number of aromatic hydroxyl groups is 1. The first-order valence-corrected chi connectivity index (χ1v) is 17.6. The van der Waals surface area contributed by atoms with Gasteiger partial charge in [-0.3, -0.25) is 20.0 Å². The number of Topliss-reactive ketones (excluding diaryl/α,β-unsaturated/α-hetero) is 1. The third kappa shape index (κ3) is 10.4. The number of hydrogen-bond donors (Lipinski definition) is 6. The van der Waals surface area contributed by atoms with Crippen molar-refractivity contribution in [3.8, 4) is 11.5 Å². The highest BCUT2D eigenvalue weighted by molar-refractivity contribution is 5.87. The Morgan fingerprint density at radius 3 is 2.67 bits per heavy atom. The Kier molecular flexibility index (Phi) is 13.3. The number of nitrogens with one attached hydrogen (secondary N) is 2. The minimum absolute atomic E-state index is 0.0417. The first kappa shape index (κ1) is 36.2. The summed E-state index contributed by atoms with van der Waals surface area (Å²) < 4.78 is 6.06. The maximum Gasteiger partial charge on any atom is 0.227 e. The molecule has 9 nitrogen and oxygen atoms in total. The summed E-state index contributed by atoms with van der Waals surface area (Å²) in [6.07, 6.45) is 9.35. The van der Waals surface area contributed by atoms with Gasteiger partial charge in [0.05, 0.1) is 18.9 Å². The number of rotatable bonds is 20. The number of aryl methyl sites for hydroxylation is 1. The minimum Gasteiger partial charge on any atom is -0.504 e. The van der Waals surface area contributed by atoms with Crippen molar-refractivity contribution in [1.29, 1.82) is 0 Å². The SMILES string of the molecule is CCCCCC(O)CC(=O)CCc1ccc(O)c(OC[NH+]2C=C3N=CC(Cc4cc(C(N)NCCc5ccccc5)ccc4CO)=C3C2)c1. The fraction of sp³-hybridized carbons (Fsp3) is 0.400. The molecule has 7 N–H and O–H groups in total. The van der Waals surface area contributed by atoms with Gasteiger partial charge in [0.25, 0.3) is 0 Å². The zero-order valence-electron chi connectivity index (χ0n) is 28.5. The average molecular weight is 668 g/mol. The molecule has 0 aromatic heterocycles. The van der Waals surface area contributed by atoms with E-state index < -0.39 is 6.10 Å². The van der Waals surface area contributed by atoms with Crippen molar-refractivity contribution < 1.29 is 29.8 Å². The lowest BCUT2D eigenvalue weighted by atomic mass is 9.95. The van der Waals surface area contributed by atoms with E-state index in [1.165, 1.54) is 5.56 Å². The Bertz CT molecular complexity index is 1650. The summed E-state index contributed by atoms with van der Waals surface area (Å²) in [5, 5.41) is 34.1. The third-order valence-electron chi connectivity index (χ3n) is 9.30. The number of phenols is 1. The Hall–Kier alpha value is -4.12. The highest BCUT2D eigenvalue weighted by Crippen LogP contribution is 2.29. The fourth-order valence-electron chi connectivity index (χ4n) is 6.39. The second kappa shape index (κ2) is 18.0. The number of carbonyl (C=O) groups excluding carboxylic acids is 1. The topological polar surface area (TPSA) is 142 Å². The Morgan fingerprint density at radius 2 is 1.88 bits per heavy atom. The summed E-state index contributed by atoms with van der Waals surface area (Å²) in [5.41, 5.74) is 14.7. The van der Waals surface area contributed by atoms with Crippen LogP contribution in [0.1, 0.15) is 79.4 Å². The van der Waals surface area contributed by atoms with E-state index in [4.69, 9.17) is 10.5 Å². The van der Waals surface area contributed by atoms with Crippen LogP contribution in [-0.2, 0) is 30.7 Å². The van der Waals surface area contributed by atoms with Crippen LogP contribution in [0.5, 0.6) is 11.5 Å². The molecule has 3 aromatic rings. The molecule has 2 aliphatic rings. The Morgan fingerprint density at radius 1 is 1.04 bits per heavy atom. The van der Waals surface area contributed by atoms with E-state index in [2.05, 4.69) is 35.4 Å². The van der Waals surface area contributed by atoms with Crippen molar-refractivity contribution in [3.05, 3.63) is 118 Å². The number of aliphatic hydroxyl groups excluding tert-OH is 2. The lowest BCUT2D eigenvalue weighted by Gasteiger charge is -2.17. The number of benzene rings is 3. The van der Waals surface area contributed by atoms with Crippen molar-refractivity contribution in [2.75, 3.05) is 19.8 Å². The normalized spacial score (nSPS) is 16.5. The number of phenolic OH excluding ortho intramolecular Hbond substituents is 1. The number of quaternary nitrogens is 1. The zero-order valence-corrected chi connectivity index (χ0v) is 28.5. The first-order chi connectivity index (χ1) is 23.8. The number of carbonyl (C=O) groups is 1. The van der Waals surface area contributed by atoms with Crippen LogP contribution in [0.25, 0.3) is 0 Å². The number of aliphatic hydroxyl groups is 2. The number of allylic oxidation sites excluding steroid dienone is 1. The monoisotopic (exact) mass is 667 g/mol. The van der Waals surface area contributed by atoms with Crippen LogP contribution in [0.2, 0.25) is 0 Å². The van der Waals surface area contributed by atoms with Crippen LogP contribution in [0, 0.1) is 0 Å². The molecule has 260 valence electrons. The predicted octanol–water partition coefficient (Wildman–Crippen LogP) is 4.21. The van der Waals surface area contributed by atoms with E-state index in [1.54, 1.807) is 18.2 Å². The summed E-state index contributed by atoms with van der Waals surface area (Å²) in [6.45, 7) is 3.81. The summed E-state index contributed by atoms with van der Waals surface area (Å²) >= 11 is 0. The minimum atomic E-state index is -0.576. The van der Waals surface area contributed by atoms with E-state index in [0.29, 0.717) is 44.7 Å². The molecule has 0 saturated heterocycles. The number of fused-ring (bicyclic) bond motifs is 1. The lowest BCUT2D eigenvalue weighted by molar-refractivity contribution is -0.855. The van der Waals surface area contributed by atoms with Gasteiger partial charge in [0.2, 0.25) is 6.73 Å². The van der Waals surface area contributed by atoms with E-state index >= 15 is 0 Å². The zero-order chi connectivity index (χ0) is 34.6. The van der Waals surface area contributed by atoms with Crippen LogP contribution in [0.15, 0.2) is 94.8 Å². The lowest BCUT2D eigenvalue weighted by Crippen LogP contribution is -3.07. The van der Waals surface area contributed by atoms with E-state index in [0.717, 1.165) is 76.2 Å². The van der Waals surface area contributed by atoms with Gasteiger partial charge < -0.3 is 25.8 Å². The molecule has 2 aliphatic heterocycles. The number of hydrogen-bond acceptors (Lipinski definition) is 8. The van der Waals surface area contributed by atoms with Gasteiger partial charge in [0.15, 0.2) is 11.5 Å². The average Bonchev–Trinajstić information content (AvgIpc) is 3.69. The quantitative estimate of drug-likeness (QED) is 0.0784. The third-order valence-corrected chi connectivity index (χ3v) is 9.30. The van der Waals surface area contributed by atoms with E-state index in [-0.39, 0.29) is 30.7 Å². The van der Waals surface area contributed by atoms with Crippen molar-refractivity contribution >= 4 is 12.0 Å². The second-order valence-electron chi connectivity index (χ2n) is 13.1. The second-order valence-corrected chi connectivity index (χ2v) is 13.1. The molecule has 3 aromatic carbocycles. The van der Waals surface area contributed by atoms with Crippen molar-refractivity contribution in [1.82, 2.24) is 5.32 Å². The summed E-state index contributed by atoms with van der Waals surface area (Å²) in [6, 6.07) is 21.5. The molecule has 0 amide bonds. The van der Waals surface area contributed by atoms with Gasteiger partial charge in [-0.25, -0.2) is 0 Å². The standard InChI is InChI=1S/C40H50N4O5/c1-2-3-5-10-34(46)22-35(47)15-11-29-12-16-38(48)39(19-29)49-27-44-24-36-33(23-43-37(36)25-44)21-32-20-30(13-14-31(32)26-45)40(41)42-18-17-28-8-6-4-7-9-28/h4,6-9,12-14,16,19-20,23,25,34,40,42,45-46,48H,2-3,5,10-11,15,17-18,21-22,24,26-27,41H2,1H3/p+1. The van der Waals surface area contributed by atoms with Crippen LogP contribution in [-0.4, -0.2) is 53.2 Å². The van der Waals surface area contributed by atoms with Gasteiger partial charge in [0, 0.05) is 31.2 Å². The number of aliphatic imine (C=N–C) groups is 1. The molecular weight excluding hydrogens is 616 g/mol. The van der Waals surface area contributed by atoms with E-state index in [1.807, 2.05) is 42.7 Å². The largest absolute Gasteiger partial charge is 0.504 e. The highest BCUT2D eigenvalue weighted by Gasteiger charge is 2.29. The Balaban J connectivity index is 1.14. The number of unbranched alkanes of at least 4 members (excludes halogenated alkanes) is 2. The van der Waals surface area contributed by atoms with Crippen molar-refractivity contribution in [2.24, 2.45) is 10.7 Å². The molecule has 0 spiro atoms. The van der Waals surface area contributed by atoms with Crippen LogP contribution < -0.4 is 20.7 Å². The Labute approximate surface area is 289 Å².